The van der Waals surface area contributed by atoms with Gasteiger partial charge in [-0.2, -0.15) is 0 Å². The highest BCUT2D eigenvalue weighted by Gasteiger charge is 2.35. The molecule has 1 heterocycles. The fourth-order valence-electron chi connectivity index (χ4n) is 4.48. The lowest BCUT2D eigenvalue weighted by molar-refractivity contribution is 0.110. The van der Waals surface area contributed by atoms with Gasteiger partial charge in [-0.3, -0.25) is 0 Å². The zero-order valence-corrected chi connectivity index (χ0v) is 13.6. The van der Waals surface area contributed by atoms with Crippen LogP contribution in [-0.2, 0) is 0 Å². The quantitative estimate of drug-likeness (QED) is 0.766. The van der Waals surface area contributed by atoms with Gasteiger partial charge in [0.05, 0.1) is 0 Å². The fourth-order valence-corrected chi connectivity index (χ4v) is 5.37. The third-order valence-electron chi connectivity index (χ3n) is 5.52. The van der Waals surface area contributed by atoms with Crippen LogP contribution in [0.4, 0.5) is 0 Å². The van der Waals surface area contributed by atoms with Gasteiger partial charge in [-0.25, -0.2) is 0 Å². The van der Waals surface area contributed by atoms with E-state index in [1.54, 1.807) is 4.88 Å². The smallest absolute Gasteiger partial charge is 0.0443 e. The lowest BCUT2D eigenvalue weighted by Crippen LogP contribution is -2.35. The molecule has 1 N–H and O–H groups in total. The Balaban J connectivity index is 1.67. The molecule has 4 atom stereocenters. The van der Waals surface area contributed by atoms with Crippen molar-refractivity contribution in [2.75, 3.05) is 6.54 Å². The van der Waals surface area contributed by atoms with Crippen LogP contribution < -0.4 is 5.32 Å². The van der Waals surface area contributed by atoms with E-state index < -0.39 is 0 Å². The predicted octanol–water partition coefficient (Wildman–Crippen LogP) is 5.40. The monoisotopic (exact) mass is 291 g/mol. The Morgan fingerprint density at radius 1 is 1.20 bits per heavy atom. The molecule has 1 nitrogen and oxygen atoms in total. The molecule has 20 heavy (non-hydrogen) atoms. The van der Waals surface area contributed by atoms with Crippen LogP contribution >= 0.6 is 11.3 Å². The number of hydrogen-bond donors (Lipinski definition) is 1. The molecule has 3 rings (SSSR count). The molecule has 2 fully saturated rings. The molecule has 4 unspecified atom stereocenters. The maximum absolute atomic E-state index is 3.85. The third kappa shape index (κ3) is 3.28. The number of rotatable bonds is 5. The molecule has 0 aromatic carbocycles. The van der Waals surface area contributed by atoms with Crippen molar-refractivity contribution < 1.29 is 0 Å². The van der Waals surface area contributed by atoms with E-state index in [2.05, 4.69) is 29.8 Å². The van der Waals surface area contributed by atoms with Gasteiger partial charge in [0.15, 0.2) is 0 Å². The lowest BCUT2D eigenvalue weighted by atomic mass is 9.66. The first-order chi connectivity index (χ1) is 9.88. The summed E-state index contributed by atoms with van der Waals surface area (Å²) < 4.78 is 0. The first-order valence-corrected chi connectivity index (χ1v) is 9.53. The summed E-state index contributed by atoms with van der Waals surface area (Å²) in [5.41, 5.74) is 0. The van der Waals surface area contributed by atoms with Crippen molar-refractivity contribution in [3.8, 4) is 0 Å². The van der Waals surface area contributed by atoms with Gasteiger partial charge in [-0.15, -0.1) is 11.3 Å². The molecule has 1 aromatic rings. The molecule has 2 saturated carbocycles. The molecule has 1 aromatic heterocycles. The summed E-state index contributed by atoms with van der Waals surface area (Å²) in [7, 11) is 0. The number of nitrogens with one attached hydrogen (secondary N) is 1. The maximum atomic E-state index is 3.85. The van der Waals surface area contributed by atoms with Crippen molar-refractivity contribution in [2.45, 2.75) is 64.3 Å². The zero-order valence-electron chi connectivity index (χ0n) is 12.8. The van der Waals surface area contributed by atoms with Crippen LogP contribution in [0.25, 0.3) is 0 Å². The Kier molecular flexibility index (Phi) is 5.17. The van der Waals surface area contributed by atoms with Crippen molar-refractivity contribution >= 4 is 11.3 Å². The Labute approximate surface area is 128 Å². The first-order valence-electron chi connectivity index (χ1n) is 8.65. The van der Waals surface area contributed by atoms with Crippen LogP contribution in [0.15, 0.2) is 17.5 Å². The molecule has 2 heteroatoms. The van der Waals surface area contributed by atoms with Crippen LogP contribution in [0.3, 0.4) is 0 Å². The van der Waals surface area contributed by atoms with E-state index in [1.165, 1.54) is 51.4 Å². The third-order valence-corrected chi connectivity index (χ3v) is 6.47. The zero-order chi connectivity index (χ0) is 13.8. The van der Waals surface area contributed by atoms with Crippen LogP contribution in [0, 0.1) is 17.8 Å². The first kappa shape index (κ1) is 14.6. The second kappa shape index (κ2) is 7.09. The molecule has 2 aliphatic carbocycles. The van der Waals surface area contributed by atoms with E-state index in [4.69, 9.17) is 0 Å². The van der Waals surface area contributed by atoms with E-state index in [9.17, 15) is 0 Å². The lowest BCUT2D eigenvalue weighted by Gasteiger charge is -2.42. The van der Waals surface area contributed by atoms with E-state index in [-0.39, 0.29) is 0 Å². The van der Waals surface area contributed by atoms with Crippen LogP contribution in [0.5, 0.6) is 0 Å². The summed E-state index contributed by atoms with van der Waals surface area (Å²) in [6, 6.07) is 5.18. The second-order valence-corrected chi connectivity index (χ2v) is 7.80. The summed E-state index contributed by atoms with van der Waals surface area (Å²) >= 11 is 1.94. The van der Waals surface area contributed by atoms with Gasteiger partial charge in [-0.05, 0) is 61.4 Å². The minimum absolute atomic E-state index is 0.623. The molecule has 0 radical (unpaired) electrons. The fraction of sp³-hybridized carbons (Fsp3) is 0.778. The average molecular weight is 292 g/mol. The molecule has 0 spiro atoms. The number of fused-ring (bicyclic) bond motifs is 1. The number of thiophene rings is 1. The van der Waals surface area contributed by atoms with Gasteiger partial charge in [0.2, 0.25) is 0 Å². The normalized spacial score (nSPS) is 31.8. The Bertz CT molecular complexity index is 386. The summed E-state index contributed by atoms with van der Waals surface area (Å²) in [4.78, 5) is 1.57. The molecule has 112 valence electrons. The van der Waals surface area contributed by atoms with Gasteiger partial charge >= 0.3 is 0 Å². The van der Waals surface area contributed by atoms with Crippen LogP contribution in [-0.4, -0.2) is 6.54 Å². The molecule has 2 aliphatic rings. The Morgan fingerprint density at radius 2 is 2.05 bits per heavy atom. The summed E-state index contributed by atoms with van der Waals surface area (Å²) in [6.07, 6.45) is 11.7. The standard InChI is InChI=1S/C18H29NS/c1-2-11-19-18(17-8-5-12-20-17)16-10-9-14-6-3-4-7-15(14)13-16/h5,8,12,14-16,18-19H,2-4,6-7,9-11,13H2,1H3. The van der Waals surface area contributed by atoms with Gasteiger partial charge < -0.3 is 5.32 Å². The van der Waals surface area contributed by atoms with Crippen molar-refractivity contribution in [2.24, 2.45) is 17.8 Å². The van der Waals surface area contributed by atoms with Crippen molar-refractivity contribution in [1.29, 1.82) is 0 Å². The van der Waals surface area contributed by atoms with Gasteiger partial charge in [-0.1, -0.05) is 38.7 Å². The van der Waals surface area contributed by atoms with Gasteiger partial charge in [0.25, 0.3) is 0 Å². The second-order valence-electron chi connectivity index (χ2n) is 6.82. The SMILES string of the molecule is CCCNC(c1cccs1)C1CCC2CCCCC2C1. The van der Waals surface area contributed by atoms with E-state index in [0.29, 0.717) is 6.04 Å². The minimum Gasteiger partial charge on any atom is -0.309 e. The molecule has 0 saturated heterocycles. The van der Waals surface area contributed by atoms with E-state index in [1.807, 2.05) is 11.3 Å². The van der Waals surface area contributed by atoms with Gasteiger partial charge in [0, 0.05) is 10.9 Å². The number of hydrogen-bond acceptors (Lipinski definition) is 2. The Morgan fingerprint density at radius 3 is 2.80 bits per heavy atom. The molecule has 0 amide bonds. The summed E-state index contributed by atoms with van der Waals surface area (Å²) in [5, 5.41) is 6.09. The Hall–Kier alpha value is -0.340. The van der Waals surface area contributed by atoms with E-state index >= 15 is 0 Å². The molecular weight excluding hydrogens is 262 g/mol. The van der Waals surface area contributed by atoms with Crippen LogP contribution in [0.2, 0.25) is 0 Å². The molecule has 0 bridgehead atoms. The maximum Gasteiger partial charge on any atom is 0.0443 e. The topological polar surface area (TPSA) is 12.0 Å². The van der Waals surface area contributed by atoms with Crippen molar-refractivity contribution in [3.63, 3.8) is 0 Å². The molecule has 0 aliphatic heterocycles. The van der Waals surface area contributed by atoms with Crippen molar-refractivity contribution in [1.82, 2.24) is 5.32 Å². The highest BCUT2D eigenvalue weighted by atomic mass is 32.1. The minimum atomic E-state index is 0.623. The highest BCUT2D eigenvalue weighted by Crippen LogP contribution is 2.46. The predicted molar refractivity (Wildman–Crippen MR) is 88.1 cm³/mol. The van der Waals surface area contributed by atoms with Gasteiger partial charge in [0.1, 0.15) is 0 Å². The van der Waals surface area contributed by atoms with E-state index in [0.717, 1.165) is 24.3 Å². The summed E-state index contributed by atoms with van der Waals surface area (Å²) in [5.74, 6) is 2.98. The van der Waals surface area contributed by atoms with Crippen LogP contribution in [0.1, 0.15) is 69.2 Å². The highest BCUT2D eigenvalue weighted by molar-refractivity contribution is 7.10. The molecular formula is C18H29NS. The average Bonchev–Trinajstić information content (AvgIpc) is 3.02. The van der Waals surface area contributed by atoms with Crippen molar-refractivity contribution in [3.05, 3.63) is 22.4 Å². The summed E-state index contributed by atoms with van der Waals surface area (Å²) in [6.45, 7) is 3.43. The largest absolute Gasteiger partial charge is 0.309 e.